The molecule has 3 N–H and O–H groups in total. The van der Waals surface area contributed by atoms with Crippen molar-refractivity contribution >= 4 is 23.1 Å². The minimum absolute atomic E-state index is 0.299. The summed E-state index contributed by atoms with van der Waals surface area (Å²) in [4.78, 5) is 19.6. The van der Waals surface area contributed by atoms with Crippen LogP contribution < -0.4 is 10.6 Å². The minimum atomic E-state index is -3.28. The highest BCUT2D eigenvalue weighted by Gasteiger charge is 2.26. The van der Waals surface area contributed by atoms with Gasteiger partial charge in [0.25, 0.3) is 5.91 Å². The van der Waals surface area contributed by atoms with E-state index in [1.165, 1.54) is 11.3 Å². The van der Waals surface area contributed by atoms with Crippen molar-refractivity contribution in [2.45, 2.75) is 25.1 Å². The molecule has 3 rings (SSSR count). The second-order valence-electron chi connectivity index (χ2n) is 6.40. The molecule has 0 radical (unpaired) electrons. The molecule has 0 fully saturated rings. The first-order chi connectivity index (χ1) is 14.5. The molecule has 0 saturated heterocycles. The van der Waals surface area contributed by atoms with Gasteiger partial charge in [-0.1, -0.05) is 30.3 Å². The second-order valence-corrected chi connectivity index (χ2v) is 7.12. The van der Waals surface area contributed by atoms with Gasteiger partial charge in [0, 0.05) is 17.1 Å². The van der Waals surface area contributed by atoms with Crippen LogP contribution in [0.1, 0.15) is 17.4 Å². The van der Waals surface area contributed by atoms with Gasteiger partial charge in [0.05, 0.1) is 23.8 Å². The molecular weight excluding hydrogens is 417 g/mol. The molecule has 2 atom stereocenters. The van der Waals surface area contributed by atoms with Gasteiger partial charge in [-0.15, -0.1) is 11.3 Å². The third kappa shape index (κ3) is 5.55. The summed E-state index contributed by atoms with van der Waals surface area (Å²) in [5.41, 5.74) is 4.52. The van der Waals surface area contributed by atoms with Gasteiger partial charge >= 0.3 is 6.43 Å². The fraction of sp³-hybridized carbons (Fsp3) is 0.250. The molecule has 0 aliphatic rings. The Hall–Kier alpha value is -2.98. The van der Waals surface area contributed by atoms with Crippen molar-refractivity contribution in [1.82, 2.24) is 15.3 Å². The van der Waals surface area contributed by atoms with Crippen LogP contribution in [0.4, 0.5) is 19.0 Å². The molecule has 0 aliphatic heterocycles. The Kier molecular flexibility index (Phi) is 7.36. The van der Waals surface area contributed by atoms with E-state index in [1.54, 1.807) is 41.3 Å². The molecule has 0 unspecified atom stereocenters. The summed E-state index contributed by atoms with van der Waals surface area (Å²) in [7, 11) is 0. The van der Waals surface area contributed by atoms with Crippen molar-refractivity contribution in [2.75, 3.05) is 12.0 Å². The molecule has 3 aromatic rings. The maximum atomic E-state index is 13.1. The standard InChI is InChI=1S/C20H19F3N4O2S/c21-7-16(27-20(29)19(22)23)18(28)13-3-1-12(2-4-13)14-5-6-15(24-8-14)9-25-17-10-30-11-26-17/h1-6,8,10-11,16,18-19,25,28H,7,9H2,(H,27,29)/t16-,18-/m1/s1. The lowest BCUT2D eigenvalue weighted by molar-refractivity contribution is -0.133. The summed E-state index contributed by atoms with van der Waals surface area (Å²) in [6, 6.07) is 8.81. The number of carbonyl (C=O) groups excluding carboxylic acids is 1. The third-order valence-corrected chi connectivity index (χ3v) is 4.95. The number of hydrogen-bond donors (Lipinski definition) is 3. The Bertz CT molecular complexity index is 938. The number of rotatable bonds is 9. The van der Waals surface area contributed by atoms with E-state index in [-0.39, 0.29) is 0 Å². The Labute approximate surface area is 174 Å². The number of aliphatic hydroxyl groups is 1. The predicted octanol–water partition coefficient (Wildman–Crippen LogP) is 3.57. The SMILES string of the molecule is O=C(N[C@H](CF)[C@H](O)c1ccc(-c2ccc(CNc3cscn3)nc2)cc1)C(F)F. The number of nitrogens with zero attached hydrogens (tertiary/aromatic N) is 2. The summed E-state index contributed by atoms with van der Waals surface area (Å²) in [6.07, 6.45) is -3.03. The molecule has 1 amide bonds. The Balaban J connectivity index is 1.63. The smallest absolute Gasteiger partial charge is 0.315 e. The van der Waals surface area contributed by atoms with E-state index in [0.29, 0.717) is 12.1 Å². The molecule has 30 heavy (non-hydrogen) atoms. The lowest BCUT2D eigenvalue weighted by Gasteiger charge is -2.22. The number of pyridine rings is 1. The topological polar surface area (TPSA) is 87.1 Å². The lowest BCUT2D eigenvalue weighted by atomic mass is 9.99. The Morgan fingerprint density at radius 2 is 1.83 bits per heavy atom. The minimum Gasteiger partial charge on any atom is -0.386 e. The van der Waals surface area contributed by atoms with Crippen LogP contribution in [0, 0.1) is 0 Å². The van der Waals surface area contributed by atoms with Crippen LogP contribution in [0.2, 0.25) is 0 Å². The molecule has 2 heterocycles. The molecule has 0 aliphatic carbocycles. The summed E-state index contributed by atoms with van der Waals surface area (Å²) in [6.45, 7) is -0.647. The van der Waals surface area contributed by atoms with Gasteiger partial charge in [0.2, 0.25) is 0 Å². The molecule has 1 aromatic carbocycles. The predicted molar refractivity (Wildman–Crippen MR) is 108 cm³/mol. The van der Waals surface area contributed by atoms with Gasteiger partial charge in [-0.05, 0) is 17.2 Å². The zero-order valence-electron chi connectivity index (χ0n) is 15.6. The van der Waals surface area contributed by atoms with E-state index in [0.717, 1.165) is 22.6 Å². The van der Waals surface area contributed by atoms with Crippen LogP contribution in [0.3, 0.4) is 0 Å². The number of hydrogen-bond acceptors (Lipinski definition) is 6. The lowest BCUT2D eigenvalue weighted by Crippen LogP contribution is -2.43. The normalized spacial score (nSPS) is 13.1. The maximum Gasteiger partial charge on any atom is 0.315 e. The van der Waals surface area contributed by atoms with E-state index in [9.17, 15) is 23.1 Å². The van der Waals surface area contributed by atoms with Gasteiger partial charge in [-0.2, -0.15) is 8.78 Å². The zero-order valence-corrected chi connectivity index (χ0v) is 16.5. The number of thiazole rings is 1. The van der Waals surface area contributed by atoms with E-state index >= 15 is 0 Å². The average Bonchev–Trinajstić information content (AvgIpc) is 3.29. The highest BCUT2D eigenvalue weighted by atomic mass is 32.1. The monoisotopic (exact) mass is 436 g/mol. The van der Waals surface area contributed by atoms with Crippen molar-refractivity contribution in [3.63, 3.8) is 0 Å². The van der Waals surface area contributed by atoms with Crippen molar-refractivity contribution in [2.24, 2.45) is 0 Å². The largest absolute Gasteiger partial charge is 0.386 e. The van der Waals surface area contributed by atoms with Gasteiger partial charge in [-0.3, -0.25) is 9.78 Å². The quantitative estimate of drug-likeness (QED) is 0.477. The van der Waals surface area contributed by atoms with Gasteiger partial charge < -0.3 is 15.7 Å². The number of amides is 1. The molecule has 10 heteroatoms. The van der Waals surface area contributed by atoms with Crippen LogP contribution >= 0.6 is 11.3 Å². The molecule has 0 saturated carbocycles. The molecule has 0 spiro atoms. The number of carbonyl (C=O) groups is 1. The summed E-state index contributed by atoms with van der Waals surface area (Å²) in [5, 5.41) is 17.1. The third-order valence-electron chi connectivity index (χ3n) is 4.37. The van der Waals surface area contributed by atoms with Gasteiger partial charge in [0.15, 0.2) is 0 Å². The van der Waals surface area contributed by atoms with E-state index < -0.39 is 31.2 Å². The van der Waals surface area contributed by atoms with E-state index in [2.05, 4.69) is 15.3 Å². The Morgan fingerprint density at radius 1 is 1.10 bits per heavy atom. The fourth-order valence-corrected chi connectivity index (χ4v) is 3.24. The molecule has 2 aromatic heterocycles. The van der Waals surface area contributed by atoms with Crippen LogP contribution in [-0.4, -0.2) is 40.1 Å². The van der Waals surface area contributed by atoms with E-state index in [1.807, 2.05) is 17.5 Å². The number of alkyl halides is 3. The van der Waals surface area contributed by atoms with Gasteiger partial charge in [-0.25, -0.2) is 9.37 Å². The summed E-state index contributed by atoms with van der Waals surface area (Å²) < 4.78 is 37.8. The van der Waals surface area contributed by atoms with Crippen molar-refractivity contribution < 1.29 is 23.1 Å². The number of anilines is 1. The van der Waals surface area contributed by atoms with Crippen molar-refractivity contribution in [3.05, 3.63) is 64.7 Å². The highest BCUT2D eigenvalue weighted by molar-refractivity contribution is 7.07. The zero-order chi connectivity index (χ0) is 21.5. The first kappa shape index (κ1) is 21.7. The first-order valence-electron chi connectivity index (χ1n) is 8.98. The number of halogens is 3. The van der Waals surface area contributed by atoms with Crippen molar-refractivity contribution in [3.8, 4) is 11.1 Å². The van der Waals surface area contributed by atoms with Crippen LogP contribution in [0.5, 0.6) is 0 Å². The molecule has 6 nitrogen and oxygen atoms in total. The number of nitrogens with one attached hydrogen (secondary N) is 2. The summed E-state index contributed by atoms with van der Waals surface area (Å²) in [5.74, 6) is -0.833. The number of aromatic nitrogens is 2. The second kappa shape index (κ2) is 10.2. The highest BCUT2D eigenvalue weighted by Crippen LogP contribution is 2.24. The van der Waals surface area contributed by atoms with E-state index in [4.69, 9.17) is 0 Å². The first-order valence-corrected chi connectivity index (χ1v) is 9.92. The van der Waals surface area contributed by atoms with Crippen molar-refractivity contribution in [1.29, 1.82) is 0 Å². The molecule has 158 valence electrons. The summed E-state index contributed by atoms with van der Waals surface area (Å²) >= 11 is 1.50. The van der Waals surface area contributed by atoms with Gasteiger partial charge in [0.1, 0.15) is 18.6 Å². The Morgan fingerprint density at radius 3 is 2.40 bits per heavy atom. The molecular formula is C20H19F3N4O2S. The van der Waals surface area contributed by atoms with Crippen LogP contribution in [0.15, 0.2) is 53.5 Å². The van der Waals surface area contributed by atoms with Crippen LogP contribution in [0.25, 0.3) is 11.1 Å². The van der Waals surface area contributed by atoms with Crippen LogP contribution in [-0.2, 0) is 11.3 Å². The number of aliphatic hydroxyl groups excluding tert-OH is 1. The molecule has 0 bridgehead atoms. The number of benzene rings is 1. The maximum absolute atomic E-state index is 13.1. The average molecular weight is 436 g/mol. The fourth-order valence-electron chi connectivity index (χ4n) is 2.73.